The summed E-state index contributed by atoms with van der Waals surface area (Å²) in [6, 6.07) is 18.8. The number of nitrogens with zero attached hydrogens (tertiary/aromatic N) is 4. The summed E-state index contributed by atoms with van der Waals surface area (Å²) in [6.07, 6.45) is 3.10. The van der Waals surface area contributed by atoms with E-state index in [2.05, 4.69) is 10.4 Å². The van der Waals surface area contributed by atoms with E-state index < -0.39 is 11.6 Å². The van der Waals surface area contributed by atoms with Gasteiger partial charge < -0.3 is 10.1 Å². The van der Waals surface area contributed by atoms with Crippen molar-refractivity contribution >= 4 is 17.5 Å². The molecule has 0 saturated heterocycles. The summed E-state index contributed by atoms with van der Waals surface area (Å²) in [6.45, 7) is 2.42. The van der Waals surface area contributed by atoms with E-state index in [1.807, 2.05) is 73.7 Å². The first-order valence-corrected chi connectivity index (χ1v) is 8.99. The summed E-state index contributed by atoms with van der Waals surface area (Å²) in [7, 11) is 1.85. The molecule has 1 aliphatic rings. The second-order valence-corrected chi connectivity index (χ2v) is 6.90. The summed E-state index contributed by atoms with van der Waals surface area (Å²) in [5, 5.41) is 13.9. The van der Waals surface area contributed by atoms with E-state index in [0.29, 0.717) is 12.3 Å². The van der Waals surface area contributed by atoms with Crippen molar-refractivity contribution in [3.05, 3.63) is 78.6 Å². The Morgan fingerprint density at radius 3 is 2.43 bits per heavy atom. The minimum Gasteiger partial charge on any atom is -0.410 e. The maximum absolute atomic E-state index is 12.6. The highest BCUT2D eigenvalue weighted by molar-refractivity contribution is 6.10. The molecule has 0 fully saturated rings. The zero-order chi connectivity index (χ0) is 19.6. The smallest absolute Gasteiger partial charge is 0.410 e. The fourth-order valence-electron chi connectivity index (χ4n) is 3.25. The molecule has 0 saturated carbocycles. The topological polar surface area (TPSA) is 71.8 Å². The fraction of sp³-hybridized carbons (Fsp3) is 0.190. The van der Waals surface area contributed by atoms with E-state index in [0.717, 1.165) is 17.0 Å². The van der Waals surface area contributed by atoms with E-state index in [1.54, 1.807) is 23.0 Å². The van der Waals surface area contributed by atoms with Gasteiger partial charge in [0, 0.05) is 18.8 Å². The number of carbonyl (C=O) groups is 1. The van der Waals surface area contributed by atoms with Crippen LogP contribution >= 0.6 is 0 Å². The van der Waals surface area contributed by atoms with Crippen LogP contribution in [0.2, 0.25) is 0 Å². The van der Waals surface area contributed by atoms with Crippen LogP contribution in [0.3, 0.4) is 0 Å². The van der Waals surface area contributed by atoms with Gasteiger partial charge in [0.1, 0.15) is 11.3 Å². The second-order valence-electron chi connectivity index (χ2n) is 6.90. The van der Waals surface area contributed by atoms with E-state index in [9.17, 15) is 4.79 Å². The normalized spacial score (nSPS) is 18.6. The summed E-state index contributed by atoms with van der Waals surface area (Å²) < 4.78 is 7.14. The van der Waals surface area contributed by atoms with E-state index in [-0.39, 0.29) is 0 Å². The van der Waals surface area contributed by atoms with Crippen LogP contribution in [0, 0.1) is 0 Å². The Balaban J connectivity index is 1.61. The Kier molecular flexibility index (Phi) is 4.57. The van der Waals surface area contributed by atoms with Crippen LogP contribution in [0.5, 0.6) is 5.75 Å². The Morgan fingerprint density at radius 1 is 1.11 bits per heavy atom. The van der Waals surface area contributed by atoms with Crippen LogP contribution in [0.15, 0.2) is 78.2 Å². The van der Waals surface area contributed by atoms with Gasteiger partial charge in [0.15, 0.2) is 0 Å². The summed E-state index contributed by atoms with van der Waals surface area (Å²) in [5.74, 6) is 0.487. The highest BCUT2D eigenvalue weighted by Gasteiger charge is 2.42. The molecule has 7 nitrogen and oxygen atoms in total. The number of anilines is 1. The lowest BCUT2D eigenvalue weighted by Crippen LogP contribution is -2.55. The van der Waals surface area contributed by atoms with Crippen molar-refractivity contribution in [2.24, 2.45) is 12.1 Å². The molecular weight excluding hydrogens is 354 g/mol. The van der Waals surface area contributed by atoms with Crippen LogP contribution in [-0.2, 0) is 7.05 Å². The average Bonchev–Trinajstić information content (AvgIpc) is 3.26. The first-order chi connectivity index (χ1) is 13.5. The van der Waals surface area contributed by atoms with Crippen molar-refractivity contribution in [3.63, 3.8) is 0 Å². The Hall–Kier alpha value is -3.61. The zero-order valence-corrected chi connectivity index (χ0v) is 15.7. The van der Waals surface area contributed by atoms with Crippen LogP contribution in [0.1, 0.15) is 12.5 Å². The molecule has 7 heteroatoms. The highest BCUT2D eigenvalue weighted by atomic mass is 16.6. The third-order valence-electron chi connectivity index (χ3n) is 4.57. The van der Waals surface area contributed by atoms with Gasteiger partial charge in [-0.05, 0) is 31.2 Å². The molecule has 1 unspecified atom stereocenters. The van der Waals surface area contributed by atoms with Gasteiger partial charge in [-0.3, -0.25) is 9.69 Å². The van der Waals surface area contributed by atoms with Gasteiger partial charge >= 0.3 is 6.09 Å². The van der Waals surface area contributed by atoms with Gasteiger partial charge in [-0.25, -0.2) is 4.79 Å². The molecule has 1 amide bonds. The van der Waals surface area contributed by atoms with E-state index in [1.165, 1.54) is 0 Å². The number of aryl methyl sites for hydroxylation is 1. The van der Waals surface area contributed by atoms with Gasteiger partial charge in [-0.1, -0.05) is 36.4 Å². The number of hydrazone groups is 1. The molecular formula is C21H21N5O2. The maximum Gasteiger partial charge on any atom is 0.413 e. The van der Waals surface area contributed by atoms with Crippen molar-refractivity contribution in [1.29, 1.82) is 0 Å². The van der Waals surface area contributed by atoms with E-state index in [4.69, 9.17) is 9.84 Å². The number of para-hydroxylation sites is 2. The third-order valence-corrected chi connectivity index (χ3v) is 4.57. The number of ether oxygens (including phenoxy) is 1. The Bertz CT molecular complexity index is 1000. The van der Waals surface area contributed by atoms with Gasteiger partial charge in [-0.15, -0.1) is 0 Å². The number of carbonyl (C=O) groups excluding carboxylic acids is 1. The predicted molar refractivity (Wildman–Crippen MR) is 108 cm³/mol. The lowest BCUT2D eigenvalue weighted by atomic mass is 9.93. The van der Waals surface area contributed by atoms with Gasteiger partial charge in [-0.2, -0.15) is 10.2 Å². The molecule has 0 bridgehead atoms. The molecule has 3 aromatic rings. The minimum atomic E-state index is -0.745. The van der Waals surface area contributed by atoms with Gasteiger partial charge in [0.05, 0.1) is 24.1 Å². The Labute approximate surface area is 163 Å². The minimum absolute atomic E-state index is 0.477. The van der Waals surface area contributed by atoms with Crippen molar-refractivity contribution in [2.45, 2.75) is 12.5 Å². The molecule has 2 heterocycles. The molecule has 142 valence electrons. The lowest BCUT2D eigenvalue weighted by Gasteiger charge is -2.27. The van der Waals surface area contributed by atoms with Crippen molar-refractivity contribution < 1.29 is 9.53 Å². The lowest BCUT2D eigenvalue weighted by molar-refractivity contribution is 0.194. The molecule has 2 aromatic carbocycles. The standard InChI is InChI=1S/C21H21N5O2/c1-21(23-20(27)28-18-11-7-4-8-12-18)15-26(17-9-5-3-6-10-17)24-19(21)16-13-22-25(2)14-16/h3-14H,15H2,1-2H3,(H,23,27). The average molecular weight is 375 g/mol. The first kappa shape index (κ1) is 17.8. The number of hydrogen-bond donors (Lipinski definition) is 1. The number of rotatable bonds is 4. The maximum atomic E-state index is 12.6. The summed E-state index contributed by atoms with van der Waals surface area (Å²) in [4.78, 5) is 12.6. The van der Waals surface area contributed by atoms with Crippen LogP contribution in [0.4, 0.5) is 10.5 Å². The molecule has 28 heavy (non-hydrogen) atoms. The molecule has 4 rings (SSSR count). The SMILES string of the molecule is Cn1cc(C2=NN(c3ccccc3)CC2(C)NC(=O)Oc2ccccc2)cn1. The summed E-state index contributed by atoms with van der Waals surface area (Å²) in [5.41, 5.74) is 1.79. The van der Waals surface area contributed by atoms with Crippen molar-refractivity contribution in [2.75, 3.05) is 11.6 Å². The van der Waals surface area contributed by atoms with Crippen molar-refractivity contribution in [3.8, 4) is 5.75 Å². The zero-order valence-electron chi connectivity index (χ0n) is 15.7. The number of nitrogens with one attached hydrogen (secondary N) is 1. The number of hydrogen-bond acceptors (Lipinski definition) is 5. The highest BCUT2D eigenvalue weighted by Crippen LogP contribution is 2.28. The fourth-order valence-corrected chi connectivity index (χ4v) is 3.25. The number of benzene rings is 2. The molecule has 0 aliphatic carbocycles. The van der Waals surface area contributed by atoms with Gasteiger partial charge in [0.2, 0.25) is 0 Å². The molecule has 1 atom stereocenters. The monoisotopic (exact) mass is 375 g/mol. The first-order valence-electron chi connectivity index (χ1n) is 8.99. The number of aromatic nitrogens is 2. The van der Waals surface area contributed by atoms with Crippen LogP contribution < -0.4 is 15.1 Å². The Morgan fingerprint density at radius 2 is 1.79 bits per heavy atom. The van der Waals surface area contributed by atoms with E-state index >= 15 is 0 Å². The van der Waals surface area contributed by atoms with Crippen molar-refractivity contribution in [1.82, 2.24) is 15.1 Å². The molecule has 1 aliphatic heterocycles. The molecule has 1 N–H and O–H groups in total. The third kappa shape index (κ3) is 3.59. The molecule has 0 spiro atoms. The quantitative estimate of drug-likeness (QED) is 0.760. The van der Waals surface area contributed by atoms with Gasteiger partial charge in [0.25, 0.3) is 0 Å². The summed E-state index contributed by atoms with van der Waals surface area (Å²) >= 11 is 0. The molecule has 1 aromatic heterocycles. The molecule has 0 radical (unpaired) electrons. The predicted octanol–water partition coefficient (Wildman–Crippen LogP) is 3.19. The van der Waals surface area contributed by atoms with Crippen LogP contribution in [0.25, 0.3) is 0 Å². The number of amides is 1. The van der Waals surface area contributed by atoms with Crippen LogP contribution in [-0.4, -0.2) is 33.7 Å². The second kappa shape index (κ2) is 7.19. The largest absolute Gasteiger partial charge is 0.413 e.